The van der Waals surface area contributed by atoms with Crippen molar-refractivity contribution in [1.82, 2.24) is 9.66 Å². The summed E-state index contributed by atoms with van der Waals surface area (Å²) in [5, 5.41) is 13.5. The second kappa shape index (κ2) is 5.18. The Balaban J connectivity index is 1.94. The molecule has 4 rings (SSSR count). The van der Waals surface area contributed by atoms with E-state index in [-0.39, 0.29) is 11.6 Å². The van der Waals surface area contributed by atoms with Gasteiger partial charge in [-0.15, -0.1) is 0 Å². The lowest BCUT2D eigenvalue weighted by molar-refractivity contribution is 0.0511. The van der Waals surface area contributed by atoms with E-state index in [1.54, 1.807) is 10.7 Å². The van der Waals surface area contributed by atoms with Crippen LogP contribution in [0.1, 0.15) is 45.5 Å². The minimum atomic E-state index is -0.818. The topological polar surface area (TPSA) is 58.1 Å². The Hall–Kier alpha value is -2.14. The molecular formula is C19H23N3O2. The van der Waals surface area contributed by atoms with Crippen molar-refractivity contribution in [2.75, 3.05) is 5.01 Å². The standard InChI is InChI=1S/C19H23N3O2/c1-19(2,3)16(23)17-20-13-9-5-4-8-12(13)18(24)22(17)21-14-10-6-7-11-15(14)21/h4-6,8-10,14-16,23H,7,11H2,1-3H3/t14-,15+,16+,21?/m0/s1. The summed E-state index contributed by atoms with van der Waals surface area (Å²) in [5.41, 5.74) is 0.139. The SMILES string of the molecule is CC(C)(C)[C@H](O)c1nc2ccccc2c(=O)n1N1[C@@H]2CCC=C[C@@H]21. The number of hydrogen-bond donors (Lipinski definition) is 1. The molecule has 5 nitrogen and oxygen atoms in total. The third-order valence-electron chi connectivity index (χ3n) is 4.99. The lowest BCUT2D eigenvalue weighted by Gasteiger charge is -2.28. The molecule has 2 aliphatic rings. The zero-order valence-electron chi connectivity index (χ0n) is 14.3. The molecule has 0 saturated carbocycles. The van der Waals surface area contributed by atoms with Crippen LogP contribution in [0.4, 0.5) is 0 Å². The van der Waals surface area contributed by atoms with Gasteiger partial charge in [-0.1, -0.05) is 45.1 Å². The van der Waals surface area contributed by atoms with Crippen LogP contribution in [-0.4, -0.2) is 26.9 Å². The van der Waals surface area contributed by atoms with Gasteiger partial charge in [-0.25, -0.2) is 9.66 Å². The Morgan fingerprint density at radius 1 is 1.29 bits per heavy atom. The molecule has 1 fully saturated rings. The molecule has 1 aliphatic carbocycles. The summed E-state index contributed by atoms with van der Waals surface area (Å²) >= 11 is 0. The van der Waals surface area contributed by atoms with Crippen molar-refractivity contribution in [1.29, 1.82) is 0 Å². The van der Waals surface area contributed by atoms with E-state index in [0.717, 1.165) is 12.8 Å². The summed E-state index contributed by atoms with van der Waals surface area (Å²) in [6, 6.07) is 7.93. The molecule has 2 heterocycles. The van der Waals surface area contributed by atoms with Gasteiger partial charge in [0.15, 0.2) is 5.82 Å². The van der Waals surface area contributed by atoms with Crippen LogP contribution in [0, 0.1) is 5.41 Å². The van der Waals surface area contributed by atoms with Gasteiger partial charge < -0.3 is 5.11 Å². The number of aliphatic hydroxyl groups is 1. The summed E-state index contributed by atoms with van der Waals surface area (Å²) in [4.78, 5) is 17.8. The van der Waals surface area contributed by atoms with Crippen LogP contribution in [0.5, 0.6) is 0 Å². The third kappa shape index (κ3) is 2.26. The Kier molecular flexibility index (Phi) is 3.32. The predicted octanol–water partition coefficient (Wildman–Crippen LogP) is 2.51. The van der Waals surface area contributed by atoms with Gasteiger partial charge in [0.25, 0.3) is 5.56 Å². The second-order valence-electron chi connectivity index (χ2n) is 7.82. The lowest BCUT2D eigenvalue weighted by atomic mass is 9.88. The van der Waals surface area contributed by atoms with Crippen LogP contribution in [0.3, 0.4) is 0 Å². The van der Waals surface area contributed by atoms with Crippen LogP contribution >= 0.6 is 0 Å². The first-order valence-corrected chi connectivity index (χ1v) is 8.54. The summed E-state index contributed by atoms with van der Waals surface area (Å²) in [5.74, 6) is 0.439. The van der Waals surface area contributed by atoms with Gasteiger partial charge in [0.1, 0.15) is 6.10 Å². The molecule has 0 bridgehead atoms. The van der Waals surface area contributed by atoms with E-state index in [9.17, 15) is 9.90 Å². The Morgan fingerprint density at radius 3 is 2.71 bits per heavy atom. The molecule has 2 aromatic rings. The van der Waals surface area contributed by atoms with Crippen molar-refractivity contribution in [2.45, 2.75) is 51.8 Å². The molecular weight excluding hydrogens is 302 g/mol. The minimum absolute atomic E-state index is 0.0956. The highest BCUT2D eigenvalue weighted by molar-refractivity contribution is 5.77. The fourth-order valence-corrected chi connectivity index (χ4v) is 3.52. The van der Waals surface area contributed by atoms with Crippen LogP contribution < -0.4 is 10.6 Å². The maximum atomic E-state index is 13.2. The molecule has 0 unspecified atom stereocenters. The van der Waals surface area contributed by atoms with Gasteiger partial charge >= 0.3 is 0 Å². The first-order valence-electron chi connectivity index (χ1n) is 8.54. The maximum Gasteiger partial charge on any atom is 0.280 e. The number of fused-ring (bicyclic) bond motifs is 2. The fraction of sp³-hybridized carbons (Fsp3) is 0.474. The molecule has 0 radical (unpaired) electrons. The zero-order chi connectivity index (χ0) is 17.1. The Bertz CT molecular complexity index is 878. The van der Waals surface area contributed by atoms with Crippen LogP contribution in [0.2, 0.25) is 0 Å². The molecule has 126 valence electrons. The van der Waals surface area contributed by atoms with Gasteiger partial charge in [0, 0.05) is 0 Å². The summed E-state index contributed by atoms with van der Waals surface area (Å²) in [6.45, 7) is 5.87. The molecule has 0 spiro atoms. The van der Waals surface area contributed by atoms with Gasteiger partial charge in [-0.3, -0.25) is 9.80 Å². The number of allylic oxidation sites excluding steroid dienone is 1. The molecule has 0 amide bonds. The van der Waals surface area contributed by atoms with Crippen LogP contribution in [0.25, 0.3) is 10.9 Å². The normalized spacial score (nSPS) is 24.1. The number of nitrogens with zero attached hydrogens (tertiary/aromatic N) is 3. The molecule has 1 aromatic carbocycles. The largest absolute Gasteiger partial charge is 0.385 e. The first-order chi connectivity index (χ1) is 11.4. The van der Waals surface area contributed by atoms with E-state index in [1.165, 1.54) is 0 Å². The number of aromatic nitrogens is 2. The predicted molar refractivity (Wildman–Crippen MR) is 94.6 cm³/mol. The van der Waals surface area contributed by atoms with Gasteiger partial charge in [0.2, 0.25) is 0 Å². The summed E-state index contributed by atoms with van der Waals surface area (Å²) < 4.78 is 1.63. The molecule has 1 aromatic heterocycles. The van der Waals surface area contributed by atoms with E-state index >= 15 is 0 Å². The second-order valence-corrected chi connectivity index (χ2v) is 7.82. The number of benzene rings is 1. The van der Waals surface area contributed by atoms with Crippen molar-refractivity contribution < 1.29 is 5.11 Å². The molecule has 5 heteroatoms. The Morgan fingerprint density at radius 2 is 2.04 bits per heavy atom. The molecule has 1 saturated heterocycles. The molecule has 1 aliphatic heterocycles. The first kappa shape index (κ1) is 15.4. The van der Waals surface area contributed by atoms with Crippen LogP contribution in [0.15, 0.2) is 41.2 Å². The highest BCUT2D eigenvalue weighted by atomic mass is 16.3. The quantitative estimate of drug-likeness (QED) is 0.681. The van der Waals surface area contributed by atoms with Crippen molar-refractivity contribution >= 4 is 10.9 Å². The van der Waals surface area contributed by atoms with E-state index in [2.05, 4.69) is 22.1 Å². The minimum Gasteiger partial charge on any atom is -0.385 e. The summed E-state index contributed by atoms with van der Waals surface area (Å²) in [6.07, 6.45) is 5.57. The number of rotatable bonds is 2. The number of aliphatic hydroxyl groups excluding tert-OH is 1. The lowest BCUT2D eigenvalue weighted by Crippen LogP contribution is -2.38. The van der Waals surface area contributed by atoms with E-state index < -0.39 is 11.5 Å². The fourth-order valence-electron chi connectivity index (χ4n) is 3.52. The van der Waals surface area contributed by atoms with E-state index in [1.807, 2.05) is 39.0 Å². The maximum absolute atomic E-state index is 13.2. The van der Waals surface area contributed by atoms with E-state index in [4.69, 9.17) is 0 Å². The molecule has 3 atom stereocenters. The molecule has 1 N–H and O–H groups in total. The van der Waals surface area contributed by atoms with Gasteiger partial charge in [-0.2, -0.15) is 0 Å². The van der Waals surface area contributed by atoms with Crippen LogP contribution in [-0.2, 0) is 0 Å². The Labute approximate surface area is 141 Å². The highest BCUT2D eigenvalue weighted by Crippen LogP contribution is 2.38. The van der Waals surface area contributed by atoms with Crippen molar-refractivity contribution in [3.05, 3.63) is 52.6 Å². The number of hydrogen-bond acceptors (Lipinski definition) is 4. The number of para-hydroxylation sites is 1. The van der Waals surface area contributed by atoms with Crippen molar-refractivity contribution in [3.63, 3.8) is 0 Å². The highest BCUT2D eigenvalue weighted by Gasteiger charge is 2.49. The smallest absolute Gasteiger partial charge is 0.280 e. The molecule has 24 heavy (non-hydrogen) atoms. The van der Waals surface area contributed by atoms with Gasteiger partial charge in [-0.05, 0) is 30.4 Å². The zero-order valence-corrected chi connectivity index (χ0v) is 14.3. The van der Waals surface area contributed by atoms with Gasteiger partial charge in [0.05, 0.1) is 23.0 Å². The van der Waals surface area contributed by atoms with Crippen molar-refractivity contribution in [2.24, 2.45) is 5.41 Å². The average molecular weight is 325 g/mol. The monoisotopic (exact) mass is 325 g/mol. The van der Waals surface area contributed by atoms with E-state index in [0.29, 0.717) is 22.8 Å². The average Bonchev–Trinajstić information content (AvgIpc) is 3.27. The third-order valence-corrected chi connectivity index (χ3v) is 4.99. The van der Waals surface area contributed by atoms with Crippen molar-refractivity contribution in [3.8, 4) is 0 Å². The summed E-state index contributed by atoms with van der Waals surface area (Å²) in [7, 11) is 0.